The summed E-state index contributed by atoms with van der Waals surface area (Å²) in [6.07, 6.45) is 1.86. The summed E-state index contributed by atoms with van der Waals surface area (Å²) in [6.45, 7) is 0.278. The van der Waals surface area contributed by atoms with E-state index < -0.39 is 17.5 Å². The van der Waals surface area contributed by atoms with Crippen molar-refractivity contribution in [1.29, 1.82) is 0 Å². The zero-order chi connectivity index (χ0) is 14.2. The molecule has 2 heterocycles. The van der Waals surface area contributed by atoms with Crippen molar-refractivity contribution in [2.75, 3.05) is 11.4 Å². The number of rotatable bonds is 2. The Morgan fingerprint density at radius 2 is 1.90 bits per heavy atom. The van der Waals surface area contributed by atoms with E-state index in [9.17, 15) is 13.6 Å². The average Bonchev–Trinajstić information content (AvgIpc) is 2.91. The van der Waals surface area contributed by atoms with Crippen LogP contribution < -0.4 is 4.90 Å². The van der Waals surface area contributed by atoms with Gasteiger partial charge in [0.2, 0.25) is 0 Å². The summed E-state index contributed by atoms with van der Waals surface area (Å²) < 4.78 is 28.5. The number of alkyl halides is 2. The van der Waals surface area contributed by atoms with Gasteiger partial charge in [-0.1, -0.05) is 24.3 Å². The molecule has 3 nitrogen and oxygen atoms in total. The average molecular weight is 274 g/mol. The van der Waals surface area contributed by atoms with Gasteiger partial charge in [-0.25, -0.2) is 0 Å². The molecular formula is C15H12F2N2O. The number of para-hydroxylation sites is 1. The monoisotopic (exact) mass is 274 g/mol. The van der Waals surface area contributed by atoms with Crippen molar-refractivity contribution in [3.8, 4) is 0 Å². The number of benzene rings is 1. The molecule has 0 bridgehead atoms. The molecule has 20 heavy (non-hydrogen) atoms. The maximum Gasteiger partial charge on any atom is 0.366 e. The van der Waals surface area contributed by atoms with Gasteiger partial charge in [-0.15, -0.1) is 0 Å². The van der Waals surface area contributed by atoms with Gasteiger partial charge in [0.05, 0.1) is 0 Å². The van der Waals surface area contributed by atoms with E-state index in [4.69, 9.17) is 0 Å². The molecule has 1 aromatic heterocycles. The summed E-state index contributed by atoms with van der Waals surface area (Å²) in [5.41, 5.74) is 0.958. The van der Waals surface area contributed by atoms with E-state index in [1.807, 2.05) is 12.1 Å². The van der Waals surface area contributed by atoms with Crippen LogP contribution in [0.5, 0.6) is 0 Å². The van der Waals surface area contributed by atoms with Crippen LogP contribution in [-0.4, -0.2) is 17.4 Å². The lowest BCUT2D eigenvalue weighted by Gasteiger charge is -2.23. The third-order valence-corrected chi connectivity index (χ3v) is 3.39. The van der Waals surface area contributed by atoms with Gasteiger partial charge in [-0.3, -0.25) is 9.78 Å². The zero-order valence-corrected chi connectivity index (χ0v) is 10.6. The Morgan fingerprint density at radius 3 is 2.65 bits per heavy atom. The van der Waals surface area contributed by atoms with Gasteiger partial charge in [0.1, 0.15) is 5.69 Å². The van der Waals surface area contributed by atoms with Gasteiger partial charge in [-0.05, 0) is 30.2 Å². The minimum absolute atomic E-state index is 0.278. The molecule has 5 heteroatoms. The summed E-state index contributed by atoms with van der Waals surface area (Å²) in [4.78, 5) is 16.9. The molecule has 3 rings (SSSR count). The highest BCUT2D eigenvalue weighted by atomic mass is 19.3. The number of hydrogen-bond donors (Lipinski definition) is 0. The third-order valence-electron chi connectivity index (χ3n) is 3.39. The van der Waals surface area contributed by atoms with E-state index in [0.717, 1.165) is 10.5 Å². The van der Waals surface area contributed by atoms with Crippen LogP contribution in [-0.2, 0) is 17.1 Å². The van der Waals surface area contributed by atoms with Crippen LogP contribution in [0.25, 0.3) is 0 Å². The predicted molar refractivity (Wildman–Crippen MR) is 70.6 cm³/mol. The highest BCUT2D eigenvalue weighted by Crippen LogP contribution is 2.35. The van der Waals surface area contributed by atoms with Crippen molar-refractivity contribution in [1.82, 2.24) is 4.98 Å². The normalized spacial score (nSPS) is 14.2. The highest BCUT2D eigenvalue weighted by Gasteiger charge is 2.46. The van der Waals surface area contributed by atoms with Crippen LogP contribution in [0.2, 0.25) is 0 Å². The first-order chi connectivity index (χ1) is 9.60. The Labute approximate surface area is 114 Å². The van der Waals surface area contributed by atoms with Crippen LogP contribution >= 0.6 is 0 Å². The number of fused-ring (bicyclic) bond motifs is 1. The Bertz CT molecular complexity index is 643. The number of halogens is 2. The Morgan fingerprint density at radius 1 is 1.15 bits per heavy atom. The molecule has 0 N–H and O–H groups in total. The standard InChI is InChI=1S/C15H12F2N2O/c16-15(17,13-7-3-4-9-18-13)14(20)19-10-8-11-5-1-2-6-12(11)19/h1-7,9H,8,10H2. The lowest BCUT2D eigenvalue weighted by Crippen LogP contribution is -2.41. The van der Waals surface area contributed by atoms with Gasteiger partial charge in [0, 0.05) is 18.4 Å². The molecule has 0 spiro atoms. The molecule has 1 aliphatic heterocycles. The molecule has 0 radical (unpaired) electrons. The van der Waals surface area contributed by atoms with E-state index in [-0.39, 0.29) is 6.54 Å². The number of amides is 1. The summed E-state index contributed by atoms with van der Waals surface area (Å²) in [7, 11) is 0. The maximum absolute atomic E-state index is 14.2. The Hall–Kier alpha value is -2.30. The fourth-order valence-corrected chi connectivity index (χ4v) is 2.38. The molecule has 0 saturated carbocycles. The van der Waals surface area contributed by atoms with Crippen molar-refractivity contribution in [2.45, 2.75) is 12.3 Å². The molecule has 0 atom stereocenters. The van der Waals surface area contributed by atoms with Gasteiger partial charge >= 0.3 is 11.8 Å². The van der Waals surface area contributed by atoms with Crippen LogP contribution in [0.4, 0.5) is 14.5 Å². The fraction of sp³-hybridized carbons (Fsp3) is 0.200. The van der Waals surface area contributed by atoms with Gasteiger partial charge in [-0.2, -0.15) is 8.78 Å². The first kappa shape index (κ1) is 12.7. The highest BCUT2D eigenvalue weighted by molar-refractivity contribution is 6.00. The smallest absolute Gasteiger partial charge is 0.306 e. The predicted octanol–water partition coefficient (Wildman–Crippen LogP) is 2.76. The molecular weight excluding hydrogens is 262 g/mol. The second kappa shape index (κ2) is 4.67. The number of pyridine rings is 1. The first-order valence-corrected chi connectivity index (χ1v) is 6.30. The molecule has 102 valence electrons. The summed E-state index contributed by atoms with van der Waals surface area (Å²) in [5, 5.41) is 0. The van der Waals surface area contributed by atoms with E-state index in [2.05, 4.69) is 4.98 Å². The minimum Gasteiger partial charge on any atom is -0.306 e. The van der Waals surface area contributed by atoms with E-state index >= 15 is 0 Å². The van der Waals surface area contributed by atoms with Gasteiger partial charge in [0.15, 0.2) is 0 Å². The van der Waals surface area contributed by atoms with E-state index in [0.29, 0.717) is 12.1 Å². The third kappa shape index (κ3) is 1.95. The van der Waals surface area contributed by atoms with Crippen molar-refractivity contribution in [2.24, 2.45) is 0 Å². The quantitative estimate of drug-likeness (QED) is 0.843. The second-order valence-corrected chi connectivity index (χ2v) is 4.62. The van der Waals surface area contributed by atoms with Gasteiger partial charge < -0.3 is 4.90 Å². The number of carbonyl (C=O) groups excluding carboxylic acids is 1. The lowest BCUT2D eigenvalue weighted by molar-refractivity contribution is -0.144. The zero-order valence-electron chi connectivity index (χ0n) is 10.6. The molecule has 0 aliphatic carbocycles. The Kier molecular flexibility index (Phi) is 2.97. The van der Waals surface area contributed by atoms with Crippen molar-refractivity contribution < 1.29 is 13.6 Å². The topological polar surface area (TPSA) is 33.2 Å². The maximum atomic E-state index is 14.2. The number of carbonyl (C=O) groups is 1. The summed E-state index contributed by atoms with van der Waals surface area (Å²) in [5.74, 6) is -4.83. The molecule has 2 aromatic rings. The number of nitrogens with zero attached hydrogens (tertiary/aromatic N) is 2. The molecule has 0 fully saturated rings. The SMILES string of the molecule is O=C(N1CCc2ccccc21)C(F)(F)c1ccccn1. The van der Waals surface area contributed by atoms with Crippen LogP contribution in [0, 0.1) is 0 Å². The number of anilines is 1. The summed E-state index contributed by atoms with van der Waals surface area (Å²) >= 11 is 0. The van der Waals surface area contributed by atoms with Crippen LogP contribution in [0.1, 0.15) is 11.3 Å². The largest absolute Gasteiger partial charge is 0.366 e. The molecule has 1 aliphatic rings. The van der Waals surface area contributed by atoms with Crippen LogP contribution in [0.3, 0.4) is 0 Å². The van der Waals surface area contributed by atoms with Gasteiger partial charge in [0.25, 0.3) is 0 Å². The summed E-state index contributed by atoms with van der Waals surface area (Å²) in [6, 6.07) is 11.3. The van der Waals surface area contributed by atoms with E-state index in [1.54, 1.807) is 12.1 Å². The van der Waals surface area contributed by atoms with Crippen molar-refractivity contribution in [3.63, 3.8) is 0 Å². The molecule has 0 saturated heterocycles. The lowest BCUT2D eigenvalue weighted by atomic mass is 10.1. The minimum atomic E-state index is -3.61. The fourth-order valence-electron chi connectivity index (χ4n) is 2.38. The van der Waals surface area contributed by atoms with Crippen molar-refractivity contribution in [3.05, 3.63) is 59.9 Å². The number of aromatic nitrogens is 1. The molecule has 0 unspecified atom stereocenters. The number of hydrogen-bond acceptors (Lipinski definition) is 2. The van der Waals surface area contributed by atoms with Crippen molar-refractivity contribution >= 4 is 11.6 Å². The first-order valence-electron chi connectivity index (χ1n) is 6.30. The Balaban J connectivity index is 1.94. The van der Waals surface area contributed by atoms with Crippen LogP contribution in [0.15, 0.2) is 48.7 Å². The van der Waals surface area contributed by atoms with E-state index in [1.165, 1.54) is 24.4 Å². The second-order valence-electron chi connectivity index (χ2n) is 4.62. The molecule has 1 amide bonds. The molecule has 1 aromatic carbocycles.